The maximum absolute atomic E-state index is 11.1. The normalized spacial score (nSPS) is 15.5. The zero-order chi connectivity index (χ0) is 16.3. The second kappa shape index (κ2) is 6.34. The van der Waals surface area contributed by atoms with Crippen LogP contribution in [0.3, 0.4) is 0 Å². The highest BCUT2D eigenvalue weighted by atomic mass is 32.2. The van der Waals surface area contributed by atoms with Crippen LogP contribution in [0, 0.1) is 5.41 Å². The number of unbranched alkanes of at least 4 members (excludes halogenated alkanes) is 1. The molecule has 0 aliphatic carbocycles. The Balaban J connectivity index is 2.99. The molecule has 0 amide bonds. The molecule has 0 spiro atoms. The number of hydrogen-bond acceptors (Lipinski definition) is 4. The van der Waals surface area contributed by atoms with E-state index in [1.807, 2.05) is 13.8 Å². The van der Waals surface area contributed by atoms with Crippen LogP contribution in [0.15, 0.2) is 29.2 Å². The summed E-state index contributed by atoms with van der Waals surface area (Å²) in [6.07, 6.45) is 2.74. The van der Waals surface area contributed by atoms with Gasteiger partial charge in [0.25, 0.3) is 10.1 Å². The fourth-order valence-electron chi connectivity index (χ4n) is 1.92. The zero-order valence-corrected chi connectivity index (χ0v) is 13.8. The molecule has 1 atom stereocenters. The average Bonchev–Trinajstić information content (AvgIpc) is 2.35. The monoisotopic (exact) mass is 316 g/mol. The molecule has 0 saturated heterocycles. The van der Waals surface area contributed by atoms with Gasteiger partial charge in [0.2, 0.25) is 5.79 Å². The Kier molecular flexibility index (Phi) is 5.41. The van der Waals surface area contributed by atoms with E-state index in [0.717, 1.165) is 19.3 Å². The van der Waals surface area contributed by atoms with Crippen LogP contribution in [-0.2, 0) is 10.1 Å². The number of benzene rings is 1. The van der Waals surface area contributed by atoms with Crippen LogP contribution in [0.2, 0.25) is 0 Å². The molecule has 120 valence electrons. The lowest BCUT2D eigenvalue weighted by Gasteiger charge is -2.40. The lowest BCUT2D eigenvalue weighted by atomic mass is 9.79. The molecule has 0 bridgehead atoms. The minimum atomic E-state index is -4.29. The summed E-state index contributed by atoms with van der Waals surface area (Å²) in [5, 5.41) is 10.6. The summed E-state index contributed by atoms with van der Waals surface area (Å²) in [6.45, 7) is 7.43. The van der Waals surface area contributed by atoms with Crippen LogP contribution < -0.4 is 4.74 Å². The Bertz CT molecular complexity index is 575. The van der Waals surface area contributed by atoms with Crippen LogP contribution in [0.4, 0.5) is 0 Å². The average molecular weight is 316 g/mol. The van der Waals surface area contributed by atoms with Crippen LogP contribution in [-0.4, -0.2) is 23.9 Å². The predicted octanol–water partition coefficient (Wildman–Crippen LogP) is 3.24. The number of rotatable bonds is 7. The molecule has 0 aliphatic heterocycles. The molecule has 1 rings (SSSR count). The van der Waals surface area contributed by atoms with E-state index in [2.05, 4.69) is 6.92 Å². The topological polar surface area (TPSA) is 83.8 Å². The van der Waals surface area contributed by atoms with E-state index in [4.69, 9.17) is 9.29 Å². The first-order valence-electron chi connectivity index (χ1n) is 6.98. The standard InChI is InChI=1S/C15H24O5S/c1-5-6-10-14(2,3)15(4,16)20-12-8-7-9-13(11-12)21(17,18)19/h7-9,11,16H,5-6,10H2,1-4H3,(H,17,18,19). The van der Waals surface area contributed by atoms with E-state index in [0.29, 0.717) is 0 Å². The Morgan fingerprint density at radius 1 is 1.24 bits per heavy atom. The van der Waals surface area contributed by atoms with Crippen molar-refractivity contribution in [3.05, 3.63) is 24.3 Å². The number of aliphatic hydroxyl groups is 1. The predicted molar refractivity (Wildman–Crippen MR) is 80.8 cm³/mol. The van der Waals surface area contributed by atoms with Crippen molar-refractivity contribution >= 4 is 10.1 Å². The van der Waals surface area contributed by atoms with Gasteiger partial charge in [0.1, 0.15) is 5.75 Å². The smallest absolute Gasteiger partial charge is 0.294 e. The van der Waals surface area contributed by atoms with Crippen molar-refractivity contribution in [1.29, 1.82) is 0 Å². The van der Waals surface area contributed by atoms with Crippen LogP contribution in [0.25, 0.3) is 0 Å². The minimum absolute atomic E-state index is 0.194. The molecule has 2 N–H and O–H groups in total. The van der Waals surface area contributed by atoms with Gasteiger partial charge in [-0.15, -0.1) is 0 Å². The first-order valence-corrected chi connectivity index (χ1v) is 8.42. The Morgan fingerprint density at radius 3 is 2.38 bits per heavy atom. The van der Waals surface area contributed by atoms with E-state index in [9.17, 15) is 13.5 Å². The van der Waals surface area contributed by atoms with Crippen molar-refractivity contribution < 1.29 is 22.8 Å². The van der Waals surface area contributed by atoms with Gasteiger partial charge in [-0.25, -0.2) is 0 Å². The van der Waals surface area contributed by atoms with E-state index in [1.54, 1.807) is 13.0 Å². The summed E-state index contributed by atoms with van der Waals surface area (Å²) in [6, 6.07) is 5.45. The highest BCUT2D eigenvalue weighted by Crippen LogP contribution is 2.37. The van der Waals surface area contributed by atoms with Gasteiger partial charge in [0, 0.05) is 18.4 Å². The van der Waals surface area contributed by atoms with Crippen molar-refractivity contribution in [3.63, 3.8) is 0 Å². The molecule has 0 saturated carbocycles. The third kappa shape index (κ3) is 4.69. The quantitative estimate of drug-likeness (QED) is 0.596. The summed E-state index contributed by atoms with van der Waals surface area (Å²) >= 11 is 0. The van der Waals surface area contributed by atoms with Crippen molar-refractivity contribution in [2.75, 3.05) is 0 Å². The third-order valence-corrected chi connectivity index (χ3v) is 4.68. The molecule has 1 aromatic carbocycles. The van der Waals surface area contributed by atoms with E-state index >= 15 is 0 Å². The summed E-state index contributed by atoms with van der Waals surface area (Å²) < 4.78 is 36.9. The molecule has 6 heteroatoms. The lowest BCUT2D eigenvalue weighted by Crippen LogP contribution is -2.47. The Morgan fingerprint density at radius 2 is 1.86 bits per heavy atom. The minimum Gasteiger partial charge on any atom is -0.462 e. The Hall–Kier alpha value is -1.11. The molecule has 0 aromatic heterocycles. The molecule has 0 radical (unpaired) electrons. The van der Waals surface area contributed by atoms with Gasteiger partial charge in [-0.1, -0.05) is 39.7 Å². The highest BCUT2D eigenvalue weighted by molar-refractivity contribution is 7.85. The molecule has 21 heavy (non-hydrogen) atoms. The van der Waals surface area contributed by atoms with Gasteiger partial charge in [-0.3, -0.25) is 4.55 Å². The number of hydrogen-bond donors (Lipinski definition) is 2. The summed E-state index contributed by atoms with van der Waals surface area (Å²) in [5.41, 5.74) is -0.503. The van der Waals surface area contributed by atoms with Gasteiger partial charge < -0.3 is 9.84 Å². The molecule has 5 nitrogen and oxygen atoms in total. The molecular formula is C15H24O5S. The first kappa shape index (κ1) is 17.9. The summed E-state index contributed by atoms with van der Waals surface area (Å²) in [5.74, 6) is -1.26. The molecule has 1 aromatic rings. The maximum Gasteiger partial charge on any atom is 0.294 e. The van der Waals surface area contributed by atoms with Gasteiger partial charge >= 0.3 is 0 Å². The molecule has 0 heterocycles. The summed E-state index contributed by atoms with van der Waals surface area (Å²) in [4.78, 5) is -0.262. The van der Waals surface area contributed by atoms with Crippen molar-refractivity contribution in [2.24, 2.45) is 5.41 Å². The fourth-order valence-corrected chi connectivity index (χ4v) is 2.43. The molecule has 0 fully saturated rings. The summed E-state index contributed by atoms with van der Waals surface area (Å²) in [7, 11) is -4.29. The largest absolute Gasteiger partial charge is 0.462 e. The first-order chi connectivity index (χ1) is 9.49. The van der Waals surface area contributed by atoms with E-state index in [1.165, 1.54) is 18.2 Å². The van der Waals surface area contributed by atoms with E-state index < -0.39 is 21.3 Å². The van der Waals surface area contributed by atoms with Crippen molar-refractivity contribution in [3.8, 4) is 5.75 Å². The Labute approximate surface area is 126 Å². The fraction of sp³-hybridized carbons (Fsp3) is 0.600. The van der Waals surface area contributed by atoms with Crippen molar-refractivity contribution in [2.45, 2.75) is 57.6 Å². The molecular weight excluding hydrogens is 292 g/mol. The van der Waals surface area contributed by atoms with Crippen LogP contribution >= 0.6 is 0 Å². The molecule has 1 unspecified atom stereocenters. The van der Waals surface area contributed by atoms with Gasteiger partial charge in [0.05, 0.1) is 4.90 Å². The SMILES string of the molecule is CCCCC(C)(C)C(C)(O)Oc1cccc(S(=O)(=O)O)c1. The van der Waals surface area contributed by atoms with Crippen LogP contribution in [0.5, 0.6) is 5.75 Å². The van der Waals surface area contributed by atoms with Crippen LogP contribution in [0.1, 0.15) is 47.0 Å². The highest BCUT2D eigenvalue weighted by Gasteiger charge is 2.41. The second-order valence-corrected chi connectivity index (χ2v) is 7.44. The van der Waals surface area contributed by atoms with Gasteiger partial charge in [-0.2, -0.15) is 8.42 Å². The van der Waals surface area contributed by atoms with Crippen molar-refractivity contribution in [1.82, 2.24) is 0 Å². The number of ether oxygens (including phenoxy) is 1. The zero-order valence-electron chi connectivity index (χ0n) is 13.0. The third-order valence-electron chi connectivity index (χ3n) is 3.83. The maximum atomic E-state index is 11.1. The lowest BCUT2D eigenvalue weighted by molar-refractivity contribution is -0.201. The van der Waals surface area contributed by atoms with E-state index in [-0.39, 0.29) is 10.6 Å². The molecule has 0 aliphatic rings. The van der Waals surface area contributed by atoms with Gasteiger partial charge in [0.15, 0.2) is 0 Å². The second-order valence-electron chi connectivity index (χ2n) is 6.02. The van der Waals surface area contributed by atoms with Gasteiger partial charge in [-0.05, 0) is 18.6 Å².